The van der Waals surface area contributed by atoms with Crippen molar-refractivity contribution in [3.05, 3.63) is 11.7 Å². The summed E-state index contributed by atoms with van der Waals surface area (Å²) in [5.74, 6) is 1.98. The van der Waals surface area contributed by atoms with Crippen molar-refractivity contribution in [3.8, 4) is 0 Å². The van der Waals surface area contributed by atoms with Crippen LogP contribution in [-0.4, -0.2) is 16.7 Å². The van der Waals surface area contributed by atoms with E-state index in [9.17, 15) is 0 Å². The van der Waals surface area contributed by atoms with Gasteiger partial charge in [0, 0.05) is 6.61 Å². The first-order valence-electron chi connectivity index (χ1n) is 7.53. The average Bonchev–Trinajstić information content (AvgIpc) is 3.11. The lowest BCUT2D eigenvalue weighted by Gasteiger charge is -2.22. The molecule has 106 valence electrons. The molecule has 1 aliphatic carbocycles. The highest BCUT2D eigenvalue weighted by Gasteiger charge is 2.26. The molecule has 2 aliphatic rings. The highest BCUT2D eigenvalue weighted by Crippen LogP contribution is 2.31. The van der Waals surface area contributed by atoms with Gasteiger partial charge in [-0.15, -0.1) is 0 Å². The van der Waals surface area contributed by atoms with Crippen LogP contribution in [0, 0.1) is 5.92 Å². The van der Waals surface area contributed by atoms with Gasteiger partial charge in [-0.05, 0) is 25.2 Å². The van der Waals surface area contributed by atoms with E-state index in [1.165, 1.54) is 32.1 Å². The van der Waals surface area contributed by atoms with E-state index in [1.54, 1.807) is 0 Å². The molecule has 3 rings (SSSR count). The number of hydrogen-bond acceptors (Lipinski definition) is 5. The predicted octanol–water partition coefficient (Wildman–Crippen LogP) is 2.89. The Bertz CT molecular complexity index is 395. The zero-order valence-corrected chi connectivity index (χ0v) is 11.4. The van der Waals surface area contributed by atoms with Crippen LogP contribution in [0.1, 0.15) is 75.2 Å². The Kier molecular flexibility index (Phi) is 4.13. The lowest BCUT2D eigenvalue weighted by Crippen LogP contribution is -2.18. The molecule has 2 heterocycles. The molecule has 5 nitrogen and oxygen atoms in total. The molecule has 2 atom stereocenters. The minimum Gasteiger partial charge on any atom is -0.370 e. The van der Waals surface area contributed by atoms with Gasteiger partial charge in [0.05, 0.1) is 6.04 Å². The third-order valence-electron chi connectivity index (χ3n) is 4.30. The Morgan fingerprint density at radius 1 is 1.16 bits per heavy atom. The number of nitrogens with two attached hydrogens (primary N) is 1. The lowest BCUT2D eigenvalue weighted by molar-refractivity contribution is 0.103. The third-order valence-corrected chi connectivity index (χ3v) is 4.30. The van der Waals surface area contributed by atoms with E-state index in [1.807, 2.05) is 0 Å². The van der Waals surface area contributed by atoms with Gasteiger partial charge in [-0.25, -0.2) is 0 Å². The zero-order chi connectivity index (χ0) is 13.1. The Morgan fingerprint density at radius 3 is 2.74 bits per heavy atom. The molecule has 0 spiro atoms. The monoisotopic (exact) mass is 265 g/mol. The van der Waals surface area contributed by atoms with Crippen molar-refractivity contribution in [2.45, 2.75) is 63.5 Å². The van der Waals surface area contributed by atoms with Gasteiger partial charge >= 0.3 is 0 Å². The van der Waals surface area contributed by atoms with Crippen molar-refractivity contribution in [2.75, 3.05) is 6.61 Å². The molecule has 5 heteroatoms. The average molecular weight is 265 g/mol. The van der Waals surface area contributed by atoms with E-state index in [4.69, 9.17) is 15.0 Å². The molecule has 1 saturated heterocycles. The van der Waals surface area contributed by atoms with E-state index < -0.39 is 0 Å². The SMILES string of the molecule is NC(CC1CCCCC1)c1nc(C2CCCO2)no1. The van der Waals surface area contributed by atoms with Gasteiger partial charge in [0.2, 0.25) is 11.7 Å². The molecule has 0 bridgehead atoms. The summed E-state index contributed by atoms with van der Waals surface area (Å²) in [6.45, 7) is 0.794. The van der Waals surface area contributed by atoms with E-state index >= 15 is 0 Å². The fraction of sp³-hybridized carbons (Fsp3) is 0.857. The second-order valence-electron chi connectivity index (χ2n) is 5.84. The normalized spacial score (nSPS) is 26.7. The van der Waals surface area contributed by atoms with Crippen LogP contribution in [0.5, 0.6) is 0 Å². The highest BCUT2D eigenvalue weighted by molar-refractivity contribution is 4.96. The van der Waals surface area contributed by atoms with Gasteiger partial charge in [0.1, 0.15) is 6.10 Å². The molecule has 0 radical (unpaired) electrons. The summed E-state index contributed by atoms with van der Waals surface area (Å²) in [7, 11) is 0. The van der Waals surface area contributed by atoms with Crippen LogP contribution in [-0.2, 0) is 4.74 Å². The summed E-state index contributed by atoms with van der Waals surface area (Å²) in [6.07, 6.45) is 9.66. The van der Waals surface area contributed by atoms with Crippen molar-refractivity contribution in [1.29, 1.82) is 0 Å². The van der Waals surface area contributed by atoms with Gasteiger partial charge < -0.3 is 15.0 Å². The molecular weight excluding hydrogens is 242 g/mol. The topological polar surface area (TPSA) is 74.2 Å². The highest BCUT2D eigenvalue weighted by atomic mass is 16.5. The molecule has 19 heavy (non-hydrogen) atoms. The first-order valence-corrected chi connectivity index (χ1v) is 7.53. The molecule has 2 fully saturated rings. The number of ether oxygens (including phenoxy) is 1. The second-order valence-corrected chi connectivity index (χ2v) is 5.84. The van der Waals surface area contributed by atoms with Crippen LogP contribution in [0.15, 0.2) is 4.52 Å². The fourth-order valence-corrected chi connectivity index (χ4v) is 3.19. The van der Waals surface area contributed by atoms with Crippen LogP contribution >= 0.6 is 0 Å². The standard InChI is InChI=1S/C14H23N3O2/c15-11(9-10-5-2-1-3-6-10)14-16-13(17-19-14)12-7-4-8-18-12/h10-12H,1-9,15H2. The smallest absolute Gasteiger partial charge is 0.243 e. The van der Waals surface area contributed by atoms with Gasteiger partial charge in [-0.3, -0.25) is 0 Å². The van der Waals surface area contributed by atoms with E-state index in [-0.39, 0.29) is 12.1 Å². The van der Waals surface area contributed by atoms with Crippen molar-refractivity contribution in [1.82, 2.24) is 10.1 Å². The Labute approximate surface area is 113 Å². The maximum Gasteiger partial charge on any atom is 0.243 e. The number of nitrogens with zero attached hydrogens (tertiary/aromatic N) is 2. The van der Waals surface area contributed by atoms with Crippen molar-refractivity contribution >= 4 is 0 Å². The van der Waals surface area contributed by atoms with Gasteiger partial charge in [-0.1, -0.05) is 37.3 Å². The number of aromatic nitrogens is 2. The van der Waals surface area contributed by atoms with Crippen LogP contribution in [0.2, 0.25) is 0 Å². The number of hydrogen-bond donors (Lipinski definition) is 1. The molecule has 0 amide bonds. The maximum atomic E-state index is 6.20. The van der Waals surface area contributed by atoms with Crippen LogP contribution in [0.25, 0.3) is 0 Å². The Balaban J connectivity index is 1.58. The quantitative estimate of drug-likeness (QED) is 0.906. The summed E-state index contributed by atoms with van der Waals surface area (Å²) < 4.78 is 10.9. The first-order chi connectivity index (χ1) is 9.33. The van der Waals surface area contributed by atoms with Crippen molar-refractivity contribution in [3.63, 3.8) is 0 Å². The summed E-state index contributed by atoms with van der Waals surface area (Å²) in [4.78, 5) is 4.43. The number of rotatable bonds is 4. The summed E-state index contributed by atoms with van der Waals surface area (Å²) in [5, 5.41) is 4.02. The maximum absolute atomic E-state index is 6.20. The minimum atomic E-state index is -0.120. The van der Waals surface area contributed by atoms with Crippen molar-refractivity contribution in [2.24, 2.45) is 11.7 Å². The molecule has 2 unspecified atom stereocenters. The van der Waals surface area contributed by atoms with Crippen molar-refractivity contribution < 1.29 is 9.26 Å². The van der Waals surface area contributed by atoms with Crippen LogP contribution in [0.4, 0.5) is 0 Å². The second kappa shape index (κ2) is 6.01. The largest absolute Gasteiger partial charge is 0.370 e. The molecule has 1 aliphatic heterocycles. The fourth-order valence-electron chi connectivity index (χ4n) is 3.19. The summed E-state index contributed by atoms with van der Waals surface area (Å²) in [5.41, 5.74) is 6.20. The van der Waals surface area contributed by atoms with E-state index in [2.05, 4.69) is 10.1 Å². The lowest BCUT2D eigenvalue weighted by atomic mass is 9.85. The minimum absolute atomic E-state index is 0.0133. The molecule has 2 N–H and O–H groups in total. The van der Waals surface area contributed by atoms with E-state index in [0.29, 0.717) is 11.7 Å². The molecule has 1 aromatic rings. The molecule has 1 saturated carbocycles. The molecule has 1 aromatic heterocycles. The van der Waals surface area contributed by atoms with Gasteiger partial charge in [0.15, 0.2) is 0 Å². The predicted molar refractivity (Wildman–Crippen MR) is 70.3 cm³/mol. The van der Waals surface area contributed by atoms with Gasteiger partial charge in [0.25, 0.3) is 0 Å². The van der Waals surface area contributed by atoms with E-state index in [0.717, 1.165) is 31.8 Å². The summed E-state index contributed by atoms with van der Waals surface area (Å²) in [6, 6.07) is -0.120. The Morgan fingerprint density at radius 2 is 2.00 bits per heavy atom. The molecular formula is C14H23N3O2. The van der Waals surface area contributed by atoms with Crippen LogP contribution < -0.4 is 5.73 Å². The summed E-state index contributed by atoms with van der Waals surface area (Å²) >= 11 is 0. The Hall–Kier alpha value is -0.940. The third kappa shape index (κ3) is 3.15. The van der Waals surface area contributed by atoms with Gasteiger partial charge in [-0.2, -0.15) is 4.98 Å². The zero-order valence-electron chi connectivity index (χ0n) is 11.4. The van der Waals surface area contributed by atoms with Crippen LogP contribution in [0.3, 0.4) is 0 Å². The molecule has 0 aromatic carbocycles. The first kappa shape index (κ1) is 13.1.